The molecule has 1 N–H and O–H groups in total. The molecule has 0 radical (unpaired) electrons. The minimum absolute atomic E-state index is 0.0297. The summed E-state index contributed by atoms with van der Waals surface area (Å²) in [5.41, 5.74) is 0.309. The molecule has 1 aliphatic rings. The van der Waals surface area contributed by atoms with Crippen molar-refractivity contribution in [2.45, 2.75) is 45.8 Å². The van der Waals surface area contributed by atoms with Crippen LogP contribution in [0.5, 0.6) is 0 Å². The molecule has 0 heterocycles. The first-order chi connectivity index (χ1) is 5.41. The van der Waals surface area contributed by atoms with Crippen molar-refractivity contribution in [2.24, 2.45) is 5.41 Å². The van der Waals surface area contributed by atoms with E-state index >= 15 is 0 Å². The number of esters is 1. The van der Waals surface area contributed by atoms with Crippen molar-refractivity contribution in [2.75, 3.05) is 0 Å². The molecule has 70 valence electrons. The Bertz CT molecular complexity index is 176. The third-order valence-electron chi connectivity index (χ3n) is 2.18. The van der Waals surface area contributed by atoms with E-state index in [2.05, 4.69) is 13.8 Å². The molecule has 1 aliphatic carbocycles. The molecule has 12 heavy (non-hydrogen) atoms. The molecule has 0 unspecified atom stereocenters. The first-order valence-corrected chi connectivity index (χ1v) is 4.29. The van der Waals surface area contributed by atoms with Gasteiger partial charge in [-0.25, -0.2) is 4.79 Å². The molecule has 0 aromatic heterocycles. The van der Waals surface area contributed by atoms with Crippen LogP contribution in [0.15, 0.2) is 0 Å². The Morgan fingerprint density at radius 1 is 1.58 bits per heavy atom. The normalized spacial score (nSPS) is 24.3. The topological polar surface area (TPSA) is 46.5 Å². The van der Waals surface area contributed by atoms with Crippen molar-refractivity contribution in [3.63, 3.8) is 0 Å². The van der Waals surface area contributed by atoms with Crippen LogP contribution in [-0.2, 0) is 9.53 Å². The summed E-state index contributed by atoms with van der Waals surface area (Å²) < 4.78 is 4.99. The van der Waals surface area contributed by atoms with E-state index in [1.54, 1.807) is 0 Å². The van der Waals surface area contributed by atoms with Crippen LogP contribution in [0.25, 0.3) is 0 Å². The number of rotatable bonds is 2. The third-order valence-corrected chi connectivity index (χ3v) is 2.18. The Hall–Kier alpha value is -0.570. The van der Waals surface area contributed by atoms with Gasteiger partial charge in [-0.3, -0.25) is 0 Å². The van der Waals surface area contributed by atoms with Crippen LogP contribution in [-0.4, -0.2) is 23.3 Å². The third kappa shape index (κ3) is 2.21. The van der Waals surface area contributed by atoms with Gasteiger partial charge in [-0.05, 0) is 25.2 Å². The fourth-order valence-corrected chi connectivity index (χ4v) is 1.52. The van der Waals surface area contributed by atoms with E-state index in [0.29, 0.717) is 5.41 Å². The Balaban J connectivity index is 2.23. The van der Waals surface area contributed by atoms with E-state index in [9.17, 15) is 4.79 Å². The zero-order valence-corrected chi connectivity index (χ0v) is 7.83. The second-order valence-corrected chi connectivity index (χ2v) is 4.31. The summed E-state index contributed by atoms with van der Waals surface area (Å²) in [6, 6.07) is 0. The number of ether oxygens (including phenoxy) is 1. The van der Waals surface area contributed by atoms with Gasteiger partial charge in [-0.15, -0.1) is 0 Å². The Morgan fingerprint density at radius 2 is 2.08 bits per heavy atom. The molecule has 0 spiro atoms. The highest BCUT2D eigenvalue weighted by Gasteiger charge is 2.38. The van der Waals surface area contributed by atoms with Crippen LogP contribution in [0, 0.1) is 5.41 Å². The lowest BCUT2D eigenvalue weighted by Gasteiger charge is -2.41. The van der Waals surface area contributed by atoms with Crippen LogP contribution in [0.1, 0.15) is 33.6 Å². The van der Waals surface area contributed by atoms with Crippen LogP contribution >= 0.6 is 0 Å². The molecule has 3 nitrogen and oxygen atoms in total. The molecular formula is C9H16O3. The fraction of sp³-hybridized carbons (Fsp3) is 0.889. The largest absolute Gasteiger partial charge is 0.460 e. The van der Waals surface area contributed by atoms with Gasteiger partial charge in [0, 0.05) is 0 Å². The zero-order chi connectivity index (χ0) is 9.35. The fourth-order valence-electron chi connectivity index (χ4n) is 1.52. The van der Waals surface area contributed by atoms with Crippen molar-refractivity contribution in [3.8, 4) is 0 Å². The molecule has 1 fully saturated rings. The Kier molecular flexibility index (Phi) is 2.42. The molecule has 0 saturated heterocycles. The van der Waals surface area contributed by atoms with Crippen molar-refractivity contribution < 1.29 is 14.6 Å². The summed E-state index contributed by atoms with van der Waals surface area (Å²) in [5, 5.41) is 8.84. The summed E-state index contributed by atoms with van der Waals surface area (Å²) in [5.74, 6) is -0.504. The van der Waals surface area contributed by atoms with E-state index in [-0.39, 0.29) is 6.10 Å². The maximum Gasteiger partial charge on any atom is 0.334 e. The van der Waals surface area contributed by atoms with Gasteiger partial charge in [0.05, 0.1) is 0 Å². The van der Waals surface area contributed by atoms with Crippen LogP contribution < -0.4 is 0 Å². The second kappa shape index (κ2) is 3.05. The molecule has 0 aromatic carbocycles. The Morgan fingerprint density at radius 3 is 2.42 bits per heavy atom. The van der Waals surface area contributed by atoms with Crippen molar-refractivity contribution >= 4 is 5.97 Å². The summed E-state index contributed by atoms with van der Waals surface area (Å²) in [6.07, 6.45) is 0.854. The van der Waals surface area contributed by atoms with Crippen molar-refractivity contribution in [1.29, 1.82) is 0 Å². The van der Waals surface area contributed by atoms with Crippen LogP contribution in [0.3, 0.4) is 0 Å². The minimum atomic E-state index is -0.992. The summed E-state index contributed by atoms with van der Waals surface area (Å²) in [4.78, 5) is 10.9. The average Bonchev–Trinajstić information content (AvgIpc) is 1.83. The van der Waals surface area contributed by atoms with Crippen LogP contribution in [0.4, 0.5) is 0 Å². The van der Waals surface area contributed by atoms with Gasteiger partial charge in [0.15, 0.2) is 0 Å². The number of hydrogen-bond acceptors (Lipinski definition) is 3. The van der Waals surface area contributed by atoms with E-state index in [1.807, 2.05) is 0 Å². The number of aliphatic hydroxyl groups excluding tert-OH is 1. The van der Waals surface area contributed by atoms with E-state index < -0.39 is 12.1 Å². The first kappa shape index (κ1) is 9.52. The average molecular weight is 172 g/mol. The molecule has 3 heteroatoms. The van der Waals surface area contributed by atoms with Crippen LogP contribution in [0.2, 0.25) is 0 Å². The van der Waals surface area contributed by atoms with Gasteiger partial charge < -0.3 is 9.84 Å². The second-order valence-electron chi connectivity index (χ2n) is 4.31. The first-order valence-electron chi connectivity index (χ1n) is 4.29. The lowest BCUT2D eigenvalue weighted by atomic mass is 9.70. The van der Waals surface area contributed by atoms with Crippen molar-refractivity contribution in [3.05, 3.63) is 0 Å². The number of hydrogen-bond donors (Lipinski definition) is 1. The maximum absolute atomic E-state index is 10.9. The molecule has 0 bridgehead atoms. The predicted octanol–water partition coefficient (Wildman–Crippen LogP) is 1.10. The number of carbonyl (C=O) groups excluding carboxylic acids is 1. The van der Waals surface area contributed by atoms with Gasteiger partial charge >= 0.3 is 5.97 Å². The molecule has 1 rings (SSSR count). The highest BCUT2D eigenvalue weighted by molar-refractivity contribution is 5.74. The summed E-state index contributed by atoms with van der Waals surface area (Å²) >= 11 is 0. The van der Waals surface area contributed by atoms with Crippen molar-refractivity contribution in [1.82, 2.24) is 0 Å². The van der Waals surface area contributed by atoms with Gasteiger partial charge in [0.1, 0.15) is 12.2 Å². The van der Waals surface area contributed by atoms with E-state index in [1.165, 1.54) is 6.92 Å². The van der Waals surface area contributed by atoms with Gasteiger partial charge in [-0.1, -0.05) is 13.8 Å². The zero-order valence-electron chi connectivity index (χ0n) is 7.83. The smallest absolute Gasteiger partial charge is 0.334 e. The molecular weight excluding hydrogens is 156 g/mol. The van der Waals surface area contributed by atoms with E-state index in [4.69, 9.17) is 9.84 Å². The molecule has 1 atom stereocenters. The number of aliphatic hydroxyl groups is 1. The standard InChI is InChI=1S/C9H16O3/c1-6(10)8(11)12-7-4-9(2,3)5-7/h6-7,10H,4-5H2,1-3H3/t6-/m0/s1. The predicted molar refractivity (Wildman–Crippen MR) is 44.6 cm³/mol. The summed E-state index contributed by atoms with van der Waals surface area (Å²) in [7, 11) is 0. The quantitative estimate of drug-likeness (QED) is 0.634. The highest BCUT2D eigenvalue weighted by Crippen LogP contribution is 2.41. The number of carbonyl (C=O) groups is 1. The van der Waals surface area contributed by atoms with E-state index in [0.717, 1.165) is 12.8 Å². The molecule has 0 aliphatic heterocycles. The molecule has 0 aromatic rings. The molecule has 1 saturated carbocycles. The highest BCUT2D eigenvalue weighted by atomic mass is 16.6. The maximum atomic E-state index is 10.9. The Labute approximate surface area is 72.7 Å². The SMILES string of the molecule is C[C@H](O)C(=O)OC1CC(C)(C)C1. The lowest BCUT2D eigenvalue weighted by molar-refractivity contribution is -0.168. The lowest BCUT2D eigenvalue weighted by Crippen LogP contribution is -2.40. The minimum Gasteiger partial charge on any atom is -0.460 e. The molecule has 0 amide bonds. The monoisotopic (exact) mass is 172 g/mol. The van der Waals surface area contributed by atoms with Gasteiger partial charge in [0.25, 0.3) is 0 Å². The summed E-state index contributed by atoms with van der Waals surface area (Å²) in [6.45, 7) is 5.70. The van der Waals surface area contributed by atoms with Gasteiger partial charge in [0.2, 0.25) is 0 Å². The van der Waals surface area contributed by atoms with Gasteiger partial charge in [-0.2, -0.15) is 0 Å².